The van der Waals surface area contributed by atoms with Gasteiger partial charge >= 0.3 is 0 Å². The van der Waals surface area contributed by atoms with Crippen molar-refractivity contribution in [2.75, 3.05) is 26.3 Å². The molecular weight excluding hydrogens is 628 g/mol. The van der Waals surface area contributed by atoms with Gasteiger partial charge in [0, 0.05) is 30.3 Å². The number of hydrogen-bond donors (Lipinski definition) is 0. The predicted molar refractivity (Wildman–Crippen MR) is 191 cm³/mol. The van der Waals surface area contributed by atoms with Crippen molar-refractivity contribution in [3.63, 3.8) is 0 Å². The zero-order chi connectivity index (χ0) is 35.0. The lowest BCUT2D eigenvalue weighted by Crippen LogP contribution is -2.43. The van der Waals surface area contributed by atoms with Crippen LogP contribution in [0.15, 0.2) is 77.9 Å². The summed E-state index contributed by atoms with van der Waals surface area (Å²) in [6, 6.07) is 20.2. The lowest BCUT2D eigenvalue weighted by Gasteiger charge is -2.38. The molecule has 1 aliphatic heterocycles. The summed E-state index contributed by atoms with van der Waals surface area (Å²) in [6.07, 6.45) is 8.81. The van der Waals surface area contributed by atoms with E-state index in [1.165, 1.54) is 23.6 Å². The van der Waals surface area contributed by atoms with Gasteiger partial charge in [0.25, 0.3) is 5.56 Å². The molecule has 0 N–H and O–H groups in total. The lowest BCUT2D eigenvalue weighted by molar-refractivity contribution is -0.143. The Hall–Kier alpha value is -4.88. The SMILES string of the molecule is CC(C)[C@@H]1CC[C@@H](C)C[C@H]1OCC(=O)N1CCC(COc2cnc(-c3cccc(Cn4nc(-c5cccc(C#N)c5)ccc4=O)c3)nc2)CC1. The number of amides is 1. The Morgan fingerprint density at radius 1 is 0.980 bits per heavy atom. The molecule has 2 aliphatic rings. The molecule has 0 unspecified atom stereocenters. The highest BCUT2D eigenvalue weighted by atomic mass is 16.5. The Morgan fingerprint density at radius 2 is 1.74 bits per heavy atom. The summed E-state index contributed by atoms with van der Waals surface area (Å²) in [5.74, 6) is 3.36. The molecule has 0 spiro atoms. The molecular formula is C40H46N6O4. The van der Waals surface area contributed by atoms with Gasteiger partial charge in [-0.2, -0.15) is 10.4 Å². The second kappa shape index (κ2) is 16.2. The van der Waals surface area contributed by atoms with Gasteiger partial charge in [0.05, 0.1) is 49.0 Å². The van der Waals surface area contributed by atoms with Gasteiger partial charge in [-0.1, -0.05) is 57.5 Å². The molecule has 2 fully saturated rings. The van der Waals surface area contributed by atoms with Gasteiger partial charge in [-0.15, -0.1) is 0 Å². The quantitative estimate of drug-likeness (QED) is 0.180. The number of carbonyl (C=O) groups is 1. The number of hydrogen-bond acceptors (Lipinski definition) is 8. The topological polar surface area (TPSA) is 123 Å². The number of likely N-dealkylation sites (tertiary alicyclic amines) is 1. The van der Waals surface area contributed by atoms with Crippen molar-refractivity contribution in [1.82, 2.24) is 24.6 Å². The van der Waals surface area contributed by atoms with Crippen molar-refractivity contribution in [2.45, 2.75) is 65.5 Å². The van der Waals surface area contributed by atoms with Crippen LogP contribution in [0.3, 0.4) is 0 Å². The van der Waals surface area contributed by atoms with Crippen molar-refractivity contribution < 1.29 is 14.3 Å². The number of ether oxygens (including phenoxy) is 2. The average molecular weight is 675 g/mol. The summed E-state index contributed by atoms with van der Waals surface area (Å²) < 4.78 is 13.7. The van der Waals surface area contributed by atoms with Gasteiger partial charge in [-0.05, 0) is 79.2 Å². The van der Waals surface area contributed by atoms with E-state index in [9.17, 15) is 14.9 Å². The predicted octanol–water partition coefficient (Wildman–Crippen LogP) is 6.38. The van der Waals surface area contributed by atoms with Crippen molar-refractivity contribution >= 4 is 5.91 Å². The summed E-state index contributed by atoms with van der Waals surface area (Å²) in [5, 5.41) is 13.8. The van der Waals surface area contributed by atoms with Crippen LogP contribution >= 0.6 is 0 Å². The molecule has 6 rings (SSSR count). The maximum atomic E-state index is 13.0. The minimum absolute atomic E-state index is 0.0947. The first kappa shape index (κ1) is 35.0. The standard InChI is InChI=1S/C40H46N6O4/c1-27(2)35-11-10-28(3)18-37(35)50-26-39(48)45-16-14-29(15-17-45)25-49-34-22-42-40(43-23-34)33-9-5-7-31(20-33)24-46-38(47)13-12-36(44-46)32-8-4-6-30(19-32)21-41/h4-9,12-13,19-20,22-23,27-29,35,37H,10-11,14-18,24-26H2,1-3H3/t28-,35+,37-/m1/s1. The Bertz CT molecular complexity index is 1860. The first-order chi connectivity index (χ1) is 24.2. The number of rotatable bonds is 11. The summed E-state index contributed by atoms with van der Waals surface area (Å²) in [6.45, 7) is 9.25. The molecule has 4 aromatic rings. The number of nitrogens with zero attached hydrogens (tertiary/aromatic N) is 6. The maximum Gasteiger partial charge on any atom is 0.267 e. The molecule has 10 nitrogen and oxygen atoms in total. The number of aromatic nitrogens is 4. The fraction of sp³-hybridized carbons (Fsp3) is 0.450. The Kier molecular flexibility index (Phi) is 11.3. The third kappa shape index (κ3) is 8.82. The molecule has 2 aromatic carbocycles. The Labute approximate surface area is 294 Å². The van der Waals surface area contributed by atoms with Gasteiger partial charge in [-0.25, -0.2) is 14.6 Å². The normalized spacial score (nSPS) is 19.7. The highest BCUT2D eigenvalue weighted by Crippen LogP contribution is 2.35. The van der Waals surface area contributed by atoms with Gasteiger partial charge in [0.15, 0.2) is 11.6 Å². The monoisotopic (exact) mass is 674 g/mol. The minimum Gasteiger partial charge on any atom is -0.490 e. The Balaban J connectivity index is 0.983. The van der Waals surface area contributed by atoms with Crippen molar-refractivity contribution in [3.05, 3.63) is 94.5 Å². The van der Waals surface area contributed by atoms with E-state index in [0.717, 1.165) is 49.0 Å². The molecule has 0 radical (unpaired) electrons. The molecule has 1 saturated heterocycles. The number of nitriles is 1. The average Bonchev–Trinajstić information content (AvgIpc) is 3.14. The van der Waals surface area contributed by atoms with Crippen molar-refractivity contribution in [2.24, 2.45) is 23.7 Å². The molecule has 260 valence electrons. The van der Waals surface area contributed by atoms with Crippen LogP contribution in [0.5, 0.6) is 5.75 Å². The maximum absolute atomic E-state index is 13.0. The highest BCUT2D eigenvalue weighted by molar-refractivity contribution is 5.77. The largest absolute Gasteiger partial charge is 0.490 e. The van der Waals surface area contributed by atoms with Crippen molar-refractivity contribution in [1.29, 1.82) is 5.26 Å². The second-order valence-electron chi connectivity index (χ2n) is 14.2. The van der Waals surface area contributed by atoms with Crippen LogP contribution in [0.2, 0.25) is 0 Å². The smallest absolute Gasteiger partial charge is 0.267 e. The van der Waals surface area contributed by atoms with Crippen LogP contribution in [-0.4, -0.2) is 63.0 Å². The Morgan fingerprint density at radius 3 is 2.50 bits per heavy atom. The van der Waals surface area contributed by atoms with Gasteiger partial charge in [-0.3, -0.25) is 9.59 Å². The van der Waals surface area contributed by atoms with E-state index in [-0.39, 0.29) is 30.7 Å². The minimum atomic E-state index is -0.219. The number of benzene rings is 2. The molecule has 2 aromatic heterocycles. The molecule has 10 heteroatoms. The molecule has 1 amide bonds. The second-order valence-corrected chi connectivity index (χ2v) is 14.2. The summed E-state index contributed by atoms with van der Waals surface area (Å²) in [7, 11) is 0. The molecule has 3 atom stereocenters. The van der Waals surface area contributed by atoms with Crippen LogP contribution in [0, 0.1) is 35.0 Å². The van der Waals surface area contributed by atoms with E-state index < -0.39 is 0 Å². The van der Waals surface area contributed by atoms with E-state index in [4.69, 9.17) is 9.47 Å². The van der Waals surface area contributed by atoms with E-state index in [0.29, 0.717) is 53.1 Å². The van der Waals surface area contributed by atoms with Crippen LogP contribution < -0.4 is 10.3 Å². The summed E-state index contributed by atoms with van der Waals surface area (Å²) in [4.78, 5) is 36.7. The summed E-state index contributed by atoms with van der Waals surface area (Å²) >= 11 is 0. The van der Waals surface area contributed by atoms with Crippen LogP contribution in [0.25, 0.3) is 22.6 Å². The summed E-state index contributed by atoms with van der Waals surface area (Å²) in [5.41, 5.74) is 3.40. The third-order valence-corrected chi connectivity index (χ3v) is 10.1. The van der Waals surface area contributed by atoms with Crippen LogP contribution in [0.1, 0.15) is 64.0 Å². The van der Waals surface area contributed by atoms with Crippen LogP contribution in [-0.2, 0) is 16.1 Å². The zero-order valence-electron chi connectivity index (χ0n) is 29.2. The number of carbonyl (C=O) groups excluding carboxylic acids is 1. The third-order valence-electron chi connectivity index (χ3n) is 10.1. The van der Waals surface area contributed by atoms with E-state index in [1.54, 1.807) is 36.7 Å². The van der Waals surface area contributed by atoms with Gasteiger partial charge in [0.2, 0.25) is 5.91 Å². The number of piperidine rings is 1. The van der Waals surface area contributed by atoms with E-state index >= 15 is 0 Å². The van der Waals surface area contributed by atoms with E-state index in [2.05, 4.69) is 41.9 Å². The lowest BCUT2D eigenvalue weighted by atomic mass is 9.75. The molecule has 0 bridgehead atoms. The first-order valence-electron chi connectivity index (χ1n) is 17.8. The molecule has 1 saturated carbocycles. The molecule has 50 heavy (non-hydrogen) atoms. The van der Waals surface area contributed by atoms with Crippen LogP contribution in [0.4, 0.5) is 0 Å². The molecule has 3 heterocycles. The first-order valence-corrected chi connectivity index (χ1v) is 17.8. The molecule has 1 aliphatic carbocycles. The highest BCUT2D eigenvalue weighted by Gasteiger charge is 2.32. The van der Waals surface area contributed by atoms with E-state index in [1.807, 2.05) is 35.2 Å². The van der Waals surface area contributed by atoms with Crippen molar-refractivity contribution in [3.8, 4) is 34.5 Å². The fourth-order valence-electron chi connectivity index (χ4n) is 7.12. The fourth-order valence-corrected chi connectivity index (χ4v) is 7.12. The van der Waals surface area contributed by atoms with Gasteiger partial charge in [0.1, 0.15) is 6.61 Å². The van der Waals surface area contributed by atoms with Gasteiger partial charge < -0.3 is 14.4 Å². The zero-order valence-corrected chi connectivity index (χ0v) is 29.2.